The van der Waals surface area contributed by atoms with E-state index in [0.29, 0.717) is 17.5 Å². The van der Waals surface area contributed by atoms with Crippen molar-refractivity contribution in [3.05, 3.63) is 182 Å². The van der Waals surface area contributed by atoms with Gasteiger partial charge in [0.25, 0.3) is 0 Å². The molecule has 0 atom stereocenters. The molecule has 1 aliphatic rings. The third kappa shape index (κ3) is 4.52. The molecule has 0 unspecified atom stereocenters. The number of nitrogens with zero attached hydrogens (tertiary/aromatic N) is 4. The normalized spacial score (nSPS) is 11.8. The minimum atomic E-state index is 0.623. The molecule has 0 aliphatic heterocycles. The number of para-hydroxylation sites is 1. The molecule has 11 rings (SSSR count). The highest BCUT2D eigenvalue weighted by Crippen LogP contribution is 2.50. The molecule has 0 bridgehead atoms. The summed E-state index contributed by atoms with van der Waals surface area (Å²) in [5.41, 5.74) is 13.4. The Kier molecular flexibility index (Phi) is 6.52. The molecule has 2 aromatic heterocycles. The predicted molar refractivity (Wildman–Crippen MR) is 218 cm³/mol. The topological polar surface area (TPSA) is 43.6 Å². The van der Waals surface area contributed by atoms with Crippen LogP contribution in [0.1, 0.15) is 0 Å². The van der Waals surface area contributed by atoms with Crippen LogP contribution < -0.4 is 0 Å². The fraction of sp³-hybridized carbons (Fsp3) is 0. The van der Waals surface area contributed by atoms with Gasteiger partial charge in [-0.05, 0) is 68.4 Å². The van der Waals surface area contributed by atoms with E-state index >= 15 is 0 Å². The number of hydrogen-bond acceptors (Lipinski definition) is 3. The zero-order valence-corrected chi connectivity index (χ0v) is 28.6. The van der Waals surface area contributed by atoms with Crippen molar-refractivity contribution >= 4 is 32.6 Å². The quantitative estimate of drug-likeness (QED) is 0.182. The fourth-order valence-electron chi connectivity index (χ4n) is 8.33. The molecule has 0 spiro atoms. The van der Waals surface area contributed by atoms with E-state index in [-0.39, 0.29) is 0 Å². The zero-order chi connectivity index (χ0) is 34.9. The summed E-state index contributed by atoms with van der Waals surface area (Å²) in [6.07, 6.45) is 0. The second-order valence-electron chi connectivity index (χ2n) is 13.5. The van der Waals surface area contributed by atoms with E-state index in [1.165, 1.54) is 43.8 Å². The van der Waals surface area contributed by atoms with E-state index < -0.39 is 0 Å². The van der Waals surface area contributed by atoms with E-state index in [1.54, 1.807) is 0 Å². The SMILES string of the molecule is c1ccc(-c2nc(-c3ccccc3-c3ccccc3)nc(-c3ccccc3-n3c4cccc5c4c4c6c(cccc6ccc43)-c3ccccc3-5)n2)cc1. The largest absolute Gasteiger partial charge is 0.308 e. The van der Waals surface area contributed by atoms with Crippen LogP contribution in [0.15, 0.2) is 182 Å². The molecule has 0 amide bonds. The molecule has 0 radical (unpaired) electrons. The van der Waals surface area contributed by atoms with Crippen LogP contribution in [0.25, 0.3) is 106 Å². The zero-order valence-electron chi connectivity index (χ0n) is 28.6. The lowest BCUT2D eigenvalue weighted by Crippen LogP contribution is -2.04. The second kappa shape index (κ2) is 11.7. The molecule has 1 aliphatic carbocycles. The first kappa shape index (κ1) is 29.5. The maximum atomic E-state index is 5.30. The van der Waals surface area contributed by atoms with Crippen LogP contribution in [0.5, 0.6) is 0 Å². The molecule has 53 heavy (non-hydrogen) atoms. The van der Waals surface area contributed by atoms with Crippen LogP contribution in [0.4, 0.5) is 0 Å². The first-order chi connectivity index (χ1) is 26.3. The summed E-state index contributed by atoms with van der Waals surface area (Å²) < 4.78 is 2.41. The predicted octanol–water partition coefficient (Wildman–Crippen LogP) is 12.4. The summed E-state index contributed by atoms with van der Waals surface area (Å²) in [5.74, 6) is 1.89. The standard InChI is InChI=1S/C49H30N4/c1-3-15-31(16-4-1)34-20-7-10-23-39(34)48-50-47(33-17-5-2-6-18-33)51-49(52-48)40-24-11-12-27-41(40)53-42-28-14-26-38-36-22-9-8-21-35(36)37-25-13-19-32-29-30-43(53)46(44(32)37)45(38)42/h1-30H. The molecule has 0 fully saturated rings. The van der Waals surface area contributed by atoms with E-state index in [0.717, 1.165) is 44.5 Å². The van der Waals surface area contributed by atoms with Gasteiger partial charge in [-0.3, -0.25) is 0 Å². The van der Waals surface area contributed by atoms with Crippen molar-refractivity contribution in [1.82, 2.24) is 19.5 Å². The Morgan fingerprint density at radius 2 is 0.792 bits per heavy atom. The van der Waals surface area contributed by atoms with Gasteiger partial charge in [-0.1, -0.05) is 158 Å². The molecule has 246 valence electrons. The van der Waals surface area contributed by atoms with Gasteiger partial charge in [0.2, 0.25) is 0 Å². The van der Waals surface area contributed by atoms with E-state index in [1.807, 2.05) is 24.3 Å². The average Bonchev–Trinajstić information content (AvgIpc) is 3.52. The Bertz CT molecular complexity index is 3050. The second-order valence-corrected chi connectivity index (χ2v) is 13.5. The van der Waals surface area contributed by atoms with Crippen molar-refractivity contribution in [1.29, 1.82) is 0 Å². The van der Waals surface area contributed by atoms with Crippen LogP contribution in [0.3, 0.4) is 0 Å². The molecule has 0 saturated carbocycles. The molecular formula is C49H30N4. The van der Waals surface area contributed by atoms with E-state index in [9.17, 15) is 0 Å². The van der Waals surface area contributed by atoms with Gasteiger partial charge in [0.1, 0.15) is 0 Å². The van der Waals surface area contributed by atoms with Crippen LogP contribution >= 0.6 is 0 Å². The summed E-state index contributed by atoms with van der Waals surface area (Å²) in [7, 11) is 0. The van der Waals surface area contributed by atoms with Crippen molar-refractivity contribution in [2.24, 2.45) is 0 Å². The Morgan fingerprint density at radius 3 is 1.53 bits per heavy atom. The van der Waals surface area contributed by atoms with E-state index in [4.69, 9.17) is 15.0 Å². The highest BCUT2D eigenvalue weighted by molar-refractivity contribution is 6.30. The van der Waals surface area contributed by atoms with Gasteiger partial charge in [-0.15, -0.1) is 0 Å². The Morgan fingerprint density at radius 1 is 0.283 bits per heavy atom. The van der Waals surface area contributed by atoms with Gasteiger partial charge >= 0.3 is 0 Å². The lowest BCUT2D eigenvalue weighted by atomic mass is 9.93. The van der Waals surface area contributed by atoms with Crippen LogP contribution in [-0.2, 0) is 0 Å². The molecule has 4 heteroatoms. The minimum Gasteiger partial charge on any atom is -0.308 e. The van der Waals surface area contributed by atoms with Crippen molar-refractivity contribution in [3.8, 4) is 73.2 Å². The molecule has 0 N–H and O–H groups in total. The molecule has 8 aromatic carbocycles. The number of hydrogen-bond donors (Lipinski definition) is 0. The van der Waals surface area contributed by atoms with Gasteiger partial charge in [-0.25, -0.2) is 15.0 Å². The summed E-state index contributed by atoms with van der Waals surface area (Å²) in [4.78, 5) is 15.7. The smallest absolute Gasteiger partial charge is 0.166 e. The fourth-order valence-corrected chi connectivity index (χ4v) is 8.33. The van der Waals surface area contributed by atoms with E-state index in [2.05, 4.69) is 162 Å². The molecule has 2 heterocycles. The van der Waals surface area contributed by atoms with Crippen LogP contribution in [0.2, 0.25) is 0 Å². The highest BCUT2D eigenvalue weighted by atomic mass is 15.1. The highest BCUT2D eigenvalue weighted by Gasteiger charge is 2.26. The first-order valence-corrected chi connectivity index (χ1v) is 18.0. The summed E-state index contributed by atoms with van der Waals surface area (Å²) in [5, 5.41) is 5.06. The Balaban J connectivity index is 1.21. The Hall–Kier alpha value is -7.17. The van der Waals surface area contributed by atoms with Crippen LogP contribution in [-0.4, -0.2) is 19.5 Å². The maximum Gasteiger partial charge on any atom is 0.166 e. The van der Waals surface area contributed by atoms with Gasteiger partial charge in [0.15, 0.2) is 17.5 Å². The van der Waals surface area contributed by atoms with Crippen molar-refractivity contribution < 1.29 is 0 Å². The Labute approximate surface area is 306 Å². The van der Waals surface area contributed by atoms with Gasteiger partial charge in [0, 0.05) is 27.5 Å². The number of benzene rings is 8. The molecular weight excluding hydrogens is 645 g/mol. The summed E-state index contributed by atoms with van der Waals surface area (Å²) in [6, 6.07) is 64.3. The van der Waals surface area contributed by atoms with Crippen molar-refractivity contribution in [2.45, 2.75) is 0 Å². The number of rotatable bonds is 5. The van der Waals surface area contributed by atoms with Gasteiger partial charge in [0.05, 0.1) is 16.7 Å². The third-order valence-corrected chi connectivity index (χ3v) is 10.6. The third-order valence-electron chi connectivity index (χ3n) is 10.6. The molecule has 0 saturated heterocycles. The molecule has 10 aromatic rings. The summed E-state index contributed by atoms with van der Waals surface area (Å²) in [6.45, 7) is 0. The summed E-state index contributed by atoms with van der Waals surface area (Å²) >= 11 is 0. The lowest BCUT2D eigenvalue weighted by Gasteiger charge is -2.16. The average molecular weight is 675 g/mol. The minimum absolute atomic E-state index is 0.623. The van der Waals surface area contributed by atoms with Crippen LogP contribution in [0, 0.1) is 0 Å². The maximum absolute atomic E-state index is 5.30. The van der Waals surface area contributed by atoms with Crippen molar-refractivity contribution in [2.75, 3.05) is 0 Å². The van der Waals surface area contributed by atoms with Crippen molar-refractivity contribution in [3.63, 3.8) is 0 Å². The first-order valence-electron chi connectivity index (χ1n) is 18.0. The monoisotopic (exact) mass is 674 g/mol. The lowest BCUT2D eigenvalue weighted by molar-refractivity contribution is 1.06. The number of fused-ring (bicyclic) bond motifs is 3. The van der Waals surface area contributed by atoms with Gasteiger partial charge < -0.3 is 4.57 Å². The molecule has 4 nitrogen and oxygen atoms in total. The number of aromatic nitrogens is 4. The van der Waals surface area contributed by atoms with Gasteiger partial charge in [-0.2, -0.15) is 0 Å².